The summed E-state index contributed by atoms with van der Waals surface area (Å²) in [4.78, 5) is 12.8. The lowest BCUT2D eigenvalue weighted by Gasteiger charge is -2.11. The first-order valence-electron chi connectivity index (χ1n) is 8.90. The van der Waals surface area contributed by atoms with Crippen LogP contribution in [0.5, 0.6) is 5.75 Å². The molecule has 1 amide bonds. The fourth-order valence-electron chi connectivity index (χ4n) is 3.17. The van der Waals surface area contributed by atoms with Crippen molar-refractivity contribution in [2.75, 3.05) is 23.4 Å². The van der Waals surface area contributed by atoms with Gasteiger partial charge in [-0.2, -0.15) is 0 Å². The van der Waals surface area contributed by atoms with Gasteiger partial charge in [-0.05, 0) is 56.3 Å². The first-order valence-corrected chi connectivity index (χ1v) is 10.8. The summed E-state index contributed by atoms with van der Waals surface area (Å²) >= 11 is 0. The van der Waals surface area contributed by atoms with Crippen molar-refractivity contribution < 1.29 is 17.9 Å². The summed E-state index contributed by atoms with van der Waals surface area (Å²) in [5.74, 6) is 0.500. The topological polar surface area (TPSA) is 89.4 Å². The predicted molar refractivity (Wildman–Crippen MR) is 115 cm³/mol. The molecule has 0 spiro atoms. The SMILES string of the molecule is COc1cccc(-n2c(C)cc(C(=O)Nc3ccc(NS(C)(=O)=O)cc3)c2C)c1. The number of carbonyl (C=O) groups excluding carboxylic acids is 1. The van der Waals surface area contributed by atoms with E-state index in [1.165, 1.54) is 0 Å². The molecule has 152 valence electrons. The molecule has 0 aliphatic rings. The summed E-state index contributed by atoms with van der Waals surface area (Å²) in [5.41, 5.74) is 4.21. The number of hydrogen-bond acceptors (Lipinski definition) is 4. The van der Waals surface area contributed by atoms with E-state index < -0.39 is 10.0 Å². The van der Waals surface area contributed by atoms with Gasteiger partial charge in [-0.3, -0.25) is 9.52 Å². The Labute approximate surface area is 170 Å². The molecule has 0 radical (unpaired) electrons. The van der Waals surface area contributed by atoms with Gasteiger partial charge < -0.3 is 14.6 Å². The molecule has 0 atom stereocenters. The van der Waals surface area contributed by atoms with Gasteiger partial charge in [-0.15, -0.1) is 0 Å². The second-order valence-corrected chi connectivity index (χ2v) is 8.48. The molecule has 0 aliphatic carbocycles. The molecule has 3 aromatic rings. The van der Waals surface area contributed by atoms with Crippen LogP contribution in [0.25, 0.3) is 5.69 Å². The number of anilines is 2. The zero-order valence-corrected chi connectivity index (χ0v) is 17.5. The number of carbonyl (C=O) groups is 1. The smallest absolute Gasteiger partial charge is 0.257 e. The molecule has 2 N–H and O–H groups in total. The Morgan fingerprint density at radius 3 is 2.28 bits per heavy atom. The van der Waals surface area contributed by atoms with Gasteiger partial charge >= 0.3 is 0 Å². The highest BCUT2D eigenvalue weighted by Gasteiger charge is 2.17. The van der Waals surface area contributed by atoms with Gasteiger partial charge in [0.15, 0.2) is 0 Å². The van der Waals surface area contributed by atoms with Crippen LogP contribution in [0, 0.1) is 13.8 Å². The van der Waals surface area contributed by atoms with Gasteiger partial charge in [-0.25, -0.2) is 8.42 Å². The minimum atomic E-state index is -3.34. The van der Waals surface area contributed by atoms with E-state index in [2.05, 4.69) is 10.0 Å². The Kier molecular flexibility index (Phi) is 5.65. The van der Waals surface area contributed by atoms with Gasteiger partial charge in [0, 0.05) is 34.5 Å². The molecule has 0 saturated carbocycles. The van der Waals surface area contributed by atoms with E-state index in [0.717, 1.165) is 29.1 Å². The Bertz CT molecular complexity index is 1150. The number of benzene rings is 2. The molecule has 0 unspecified atom stereocenters. The van der Waals surface area contributed by atoms with E-state index in [1.54, 1.807) is 31.4 Å². The quantitative estimate of drug-likeness (QED) is 0.644. The largest absolute Gasteiger partial charge is 0.497 e. The van der Waals surface area contributed by atoms with E-state index in [4.69, 9.17) is 4.74 Å². The fourth-order valence-corrected chi connectivity index (χ4v) is 3.74. The third kappa shape index (κ3) is 4.78. The van der Waals surface area contributed by atoms with Crippen LogP contribution in [0.3, 0.4) is 0 Å². The number of aryl methyl sites for hydroxylation is 1. The van der Waals surface area contributed by atoms with Crippen LogP contribution in [0.1, 0.15) is 21.7 Å². The maximum atomic E-state index is 12.8. The number of rotatable bonds is 6. The summed E-state index contributed by atoms with van der Waals surface area (Å²) in [6, 6.07) is 16.0. The standard InChI is InChI=1S/C21H23N3O4S/c1-14-12-20(15(2)24(14)18-6-5-7-19(13-18)28-3)21(25)22-16-8-10-17(11-9-16)23-29(4,26)27/h5-13,23H,1-4H3,(H,22,25). The molecular formula is C21H23N3O4S. The van der Waals surface area contributed by atoms with E-state index >= 15 is 0 Å². The predicted octanol–water partition coefficient (Wildman–Crippen LogP) is 3.73. The Hall–Kier alpha value is -3.26. The van der Waals surface area contributed by atoms with Gasteiger partial charge in [-0.1, -0.05) is 6.07 Å². The highest BCUT2D eigenvalue weighted by Crippen LogP contribution is 2.24. The molecule has 0 aliphatic heterocycles. The first kappa shape index (κ1) is 20.5. The van der Waals surface area contributed by atoms with Crippen molar-refractivity contribution in [1.29, 1.82) is 0 Å². The summed E-state index contributed by atoms with van der Waals surface area (Å²) in [6.07, 6.45) is 1.08. The van der Waals surface area contributed by atoms with E-state index in [1.807, 2.05) is 48.7 Å². The molecule has 1 heterocycles. The average molecular weight is 413 g/mol. The van der Waals surface area contributed by atoms with Crippen molar-refractivity contribution in [1.82, 2.24) is 4.57 Å². The van der Waals surface area contributed by atoms with E-state index in [0.29, 0.717) is 16.9 Å². The lowest BCUT2D eigenvalue weighted by atomic mass is 10.2. The molecular weight excluding hydrogens is 390 g/mol. The first-order chi connectivity index (χ1) is 13.7. The number of ether oxygens (including phenoxy) is 1. The Morgan fingerprint density at radius 2 is 1.66 bits per heavy atom. The number of amides is 1. The Balaban J connectivity index is 1.83. The molecule has 3 rings (SSSR count). The third-order valence-electron chi connectivity index (χ3n) is 4.43. The fraction of sp³-hybridized carbons (Fsp3) is 0.190. The van der Waals surface area contributed by atoms with Crippen molar-refractivity contribution in [3.8, 4) is 11.4 Å². The summed E-state index contributed by atoms with van der Waals surface area (Å²) in [5, 5.41) is 2.85. The molecule has 0 saturated heterocycles. The second-order valence-electron chi connectivity index (χ2n) is 6.73. The number of aromatic nitrogens is 1. The summed E-state index contributed by atoms with van der Waals surface area (Å²) in [7, 11) is -1.73. The van der Waals surface area contributed by atoms with Crippen LogP contribution in [0.2, 0.25) is 0 Å². The van der Waals surface area contributed by atoms with Gasteiger partial charge in [0.05, 0.1) is 18.9 Å². The van der Waals surface area contributed by atoms with Crippen molar-refractivity contribution in [3.05, 3.63) is 71.5 Å². The summed E-state index contributed by atoms with van der Waals surface area (Å²) < 4.78 is 32.2. The molecule has 8 heteroatoms. The van der Waals surface area contributed by atoms with Crippen molar-refractivity contribution in [2.45, 2.75) is 13.8 Å². The van der Waals surface area contributed by atoms with Gasteiger partial charge in [0.1, 0.15) is 5.75 Å². The van der Waals surface area contributed by atoms with Crippen LogP contribution in [-0.4, -0.2) is 32.3 Å². The van der Waals surface area contributed by atoms with E-state index in [-0.39, 0.29) is 5.91 Å². The lowest BCUT2D eigenvalue weighted by molar-refractivity contribution is 0.102. The zero-order chi connectivity index (χ0) is 21.2. The molecule has 2 aromatic carbocycles. The van der Waals surface area contributed by atoms with Crippen LogP contribution in [0.15, 0.2) is 54.6 Å². The molecule has 1 aromatic heterocycles. The molecule has 0 bridgehead atoms. The second kappa shape index (κ2) is 8.00. The number of methoxy groups -OCH3 is 1. The minimum absolute atomic E-state index is 0.240. The van der Waals surface area contributed by atoms with Crippen molar-refractivity contribution in [2.24, 2.45) is 0 Å². The zero-order valence-electron chi connectivity index (χ0n) is 16.7. The summed E-state index contributed by atoms with van der Waals surface area (Å²) in [6.45, 7) is 3.83. The van der Waals surface area contributed by atoms with Gasteiger partial charge in [0.25, 0.3) is 5.91 Å². The van der Waals surface area contributed by atoms with Crippen LogP contribution in [0.4, 0.5) is 11.4 Å². The average Bonchev–Trinajstić information content (AvgIpc) is 2.96. The van der Waals surface area contributed by atoms with Gasteiger partial charge in [0.2, 0.25) is 10.0 Å². The lowest BCUT2D eigenvalue weighted by Crippen LogP contribution is -2.13. The monoisotopic (exact) mass is 413 g/mol. The maximum Gasteiger partial charge on any atom is 0.257 e. The molecule has 29 heavy (non-hydrogen) atoms. The van der Waals surface area contributed by atoms with Crippen LogP contribution >= 0.6 is 0 Å². The maximum absolute atomic E-state index is 12.8. The van der Waals surface area contributed by atoms with Crippen molar-refractivity contribution in [3.63, 3.8) is 0 Å². The van der Waals surface area contributed by atoms with Crippen LogP contribution in [-0.2, 0) is 10.0 Å². The third-order valence-corrected chi connectivity index (χ3v) is 5.04. The molecule has 0 fully saturated rings. The highest BCUT2D eigenvalue weighted by atomic mass is 32.2. The Morgan fingerprint density at radius 1 is 1.00 bits per heavy atom. The molecule has 7 nitrogen and oxygen atoms in total. The van der Waals surface area contributed by atoms with Crippen LogP contribution < -0.4 is 14.8 Å². The van der Waals surface area contributed by atoms with Crippen molar-refractivity contribution >= 4 is 27.3 Å². The number of nitrogens with zero attached hydrogens (tertiary/aromatic N) is 1. The number of nitrogens with one attached hydrogen (secondary N) is 2. The van der Waals surface area contributed by atoms with E-state index in [9.17, 15) is 13.2 Å². The highest BCUT2D eigenvalue weighted by molar-refractivity contribution is 7.92. The number of hydrogen-bond donors (Lipinski definition) is 2. The normalized spacial score (nSPS) is 11.2. The minimum Gasteiger partial charge on any atom is -0.497 e. The number of sulfonamides is 1.